The van der Waals surface area contributed by atoms with Gasteiger partial charge in [0.05, 0.1) is 5.56 Å². The number of amides is 1. The highest BCUT2D eigenvalue weighted by atomic mass is 19.1. The first kappa shape index (κ1) is 25.5. The number of halogens is 2. The molecule has 194 valence electrons. The number of carbonyl (C=O) groups is 1. The summed E-state index contributed by atoms with van der Waals surface area (Å²) in [7, 11) is 0. The highest BCUT2D eigenvalue weighted by molar-refractivity contribution is 5.95. The monoisotopic (exact) mass is 513 g/mol. The van der Waals surface area contributed by atoms with Crippen LogP contribution in [0, 0.1) is 25.5 Å². The molecule has 3 N–H and O–H groups in total. The maximum absolute atomic E-state index is 15.1. The lowest BCUT2D eigenvalue weighted by Crippen LogP contribution is -2.25. The molecule has 2 aliphatic rings. The summed E-state index contributed by atoms with van der Waals surface area (Å²) < 4.78 is 34.6. The van der Waals surface area contributed by atoms with E-state index in [4.69, 9.17) is 10.5 Å². The van der Waals surface area contributed by atoms with E-state index >= 15 is 4.39 Å². The van der Waals surface area contributed by atoms with Gasteiger partial charge in [0.25, 0.3) is 5.91 Å². The second-order valence-corrected chi connectivity index (χ2v) is 9.32. The molecule has 5 nitrogen and oxygen atoms in total. The van der Waals surface area contributed by atoms with Crippen LogP contribution in [0.5, 0.6) is 0 Å². The molecule has 0 spiro atoms. The van der Waals surface area contributed by atoms with Crippen molar-refractivity contribution in [2.75, 3.05) is 5.73 Å². The number of aromatic nitrogens is 1. The van der Waals surface area contributed by atoms with Gasteiger partial charge in [0.1, 0.15) is 29.7 Å². The normalized spacial score (nSPS) is 16.4. The van der Waals surface area contributed by atoms with Crippen LogP contribution in [0.25, 0.3) is 11.1 Å². The lowest BCUT2D eigenvalue weighted by Gasteiger charge is -2.18. The fourth-order valence-corrected chi connectivity index (χ4v) is 5.28. The van der Waals surface area contributed by atoms with Gasteiger partial charge in [0, 0.05) is 12.2 Å². The minimum atomic E-state index is -0.587. The summed E-state index contributed by atoms with van der Waals surface area (Å²) >= 11 is 0. The zero-order valence-electron chi connectivity index (χ0n) is 21.7. The van der Waals surface area contributed by atoms with Crippen LogP contribution < -0.4 is 11.1 Å². The van der Waals surface area contributed by atoms with Gasteiger partial charge in [0.15, 0.2) is 0 Å². The van der Waals surface area contributed by atoms with Crippen LogP contribution in [-0.2, 0) is 11.3 Å². The molecule has 0 saturated heterocycles. The predicted molar refractivity (Wildman–Crippen MR) is 144 cm³/mol. The first-order valence-electron chi connectivity index (χ1n) is 12.7. The van der Waals surface area contributed by atoms with Gasteiger partial charge < -0.3 is 15.8 Å². The summed E-state index contributed by atoms with van der Waals surface area (Å²) in [6.45, 7) is 7.94. The molecule has 0 fully saturated rings. The van der Waals surface area contributed by atoms with Crippen molar-refractivity contribution in [3.63, 3.8) is 0 Å². The number of aryl methyl sites for hydroxylation is 2. The molecule has 0 radical (unpaired) electrons. The first-order valence-corrected chi connectivity index (χ1v) is 12.7. The molecule has 6 rings (SSSR count). The summed E-state index contributed by atoms with van der Waals surface area (Å²) in [5.74, 6) is -0.963. The van der Waals surface area contributed by atoms with Crippen LogP contribution in [0.4, 0.5) is 14.6 Å². The number of carbonyl (C=O) groups excluding carboxylic acids is 1. The lowest BCUT2D eigenvalue weighted by molar-refractivity contribution is 0.0857. The molecule has 3 aromatic carbocycles. The number of nitrogens with two attached hydrogens (primary N) is 1. The zero-order valence-corrected chi connectivity index (χ0v) is 21.7. The molecule has 7 heteroatoms. The predicted octanol–water partition coefficient (Wildman–Crippen LogP) is 6.70. The van der Waals surface area contributed by atoms with Crippen LogP contribution in [-0.4, -0.2) is 10.9 Å². The van der Waals surface area contributed by atoms with Gasteiger partial charge in [-0.3, -0.25) is 4.79 Å². The van der Waals surface area contributed by atoms with Crippen molar-refractivity contribution in [1.82, 2.24) is 10.3 Å². The Hall–Kier alpha value is -4.10. The average Bonchev–Trinajstić information content (AvgIpc) is 3.45. The highest BCUT2D eigenvalue weighted by Gasteiger charge is 2.43. The molecule has 1 aromatic heterocycles. The molecule has 2 aliphatic heterocycles. The molecule has 4 aromatic rings. The summed E-state index contributed by atoms with van der Waals surface area (Å²) in [6.07, 6.45) is -0.765. The van der Waals surface area contributed by atoms with Crippen LogP contribution in [0.1, 0.15) is 75.5 Å². The van der Waals surface area contributed by atoms with Crippen molar-refractivity contribution < 1.29 is 18.3 Å². The number of ether oxygens (including phenoxy) is 1. The fraction of sp³-hybridized carbons (Fsp3) is 0.226. The molecule has 2 atom stereocenters. The smallest absolute Gasteiger partial charge is 0.254 e. The van der Waals surface area contributed by atoms with Gasteiger partial charge in [-0.2, -0.15) is 0 Å². The Balaban J connectivity index is 0.00000144. The van der Waals surface area contributed by atoms with E-state index < -0.39 is 17.8 Å². The molecular weight excluding hydrogens is 484 g/mol. The second kappa shape index (κ2) is 9.99. The number of fused-ring (bicyclic) bond motifs is 8. The van der Waals surface area contributed by atoms with E-state index in [1.54, 1.807) is 24.3 Å². The van der Waals surface area contributed by atoms with Gasteiger partial charge in [-0.1, -0.05) is 38.1 Å². The number of nitrogens with one attached hydrogen (secondary N) is 1. The van der Waals surface area contributed by atoms with Crippen LogP contribution in [0.3, 0.4) is 0 Å². The molecule has 3 heterocycles. The number of pyridine rings is 1. The number of nitrogen functional groups attached to an aromatic ring is 1. The van der Waals surface area contributed by atoms with Crippen molar-refractivity contribution in [1.29, 1.82) is 0 Å². The third-order valence-electron chi connectivity index (χ3n) is 7.08. The molecule has 2 bridgehead atoms. The summed E-state index contributed by atoms with van der Waals surface area (Å²) in [6, 6.07) is 17.0. The molecule has 0 saturated carbocycles. The number of nitrogens with zero attached hydrogens (tertiary/aromatic N) is 1. The number of hydrogen-bond acceptors (Lipinski definition) is 4. The number of anilines is 1. The van der Waals surface area contributed by atoms with Crippen LogP contribution >= 0.6 is 0 Å². The molecule has 1 amide bonds. The third kappa shape index (κ3) is 4.33. The maximum atomic E-state index is 15.1. The van der Waals surface area contributed by atoms with Crippen molar-refractivity contribution in [2.45, 2.75) is 46.4 Å². The molecule has 0 aliphatic carbocycles. The largest absolute Gasteiger partial charge is 0.384 e. The van der Waals surface area contributed by atoms with E-state index in [0.717, 1.165) is 50.2 Å². The maximum Gasteiger partial charge on any atom is 0.254 e. The minimum Gasteiger partial charge on any atom is -0.384 e. The van der Waals surface area contributed by atoms with E-state index in [1.807, 2.05) is 45.9 Å². The topological polar surface area (TPSA) is 77.2 Å². The van der Waals surface area contributed by atoms with E-state index in [0.29, 0.717) is 5.82 Å². The van der Waals surface area contributed by atoms with Gasteiger partial charge in [0.2, 0.25) is 0 Å². The van der Waals surface area contributed by atoms with E-state index in [1.165, 1.54) is 18.2 Å². The Morgan fingerprint density at radius 2 is 1.53 bits per heavy atom. The number of hydrogen-bond donors (Lipinski definition) is 2. The average molecular weight is 514 g/mol. The van der Waals surface area contributed by atoms with E-state index in [2.05, 4.69) is 10.3 Å². The van der Waals surface area contributed by atoms with Gasteiger partial charge >= 0.3 is 0 Å². The summed E-state index contributed by atoms with van der Waals surface area (Å²) in [5.41, 5.74) is 13.6. The van der Waals surface area contributed by atoms with Crippen molar-refractivity contribution >= 4 is 11.7 Å². The highest BCUT2D eigenvalue weighted by Crippen LogP contribution is 2.55. The Bertz CT molecular complexity index is 1530. The quantitative estimate of drug-likeness (QED) is 0.318. The number of benzene rings is 3. The Morgan fingerprint density at radius 1 is 0.895 bits per heavy atom. The van der Waals surface area contributed by atoms with Gasteiger partial charge in [-0.15, -0.1) is 0 Å². The molecule has 2 unspecified atom stereocenters. The summed E-state index contributed by atoms with van der Waals surface area (Å²) in [4.78, 5) is 17.2. The van der Waals surface area contributed by atoms with Gasteiger partial charge in [-0.05, 0) is 94.8 Å². The van der Waals surface area contributed by atoms with Crippen LogP contribution in [0.15, 0.2) is 60.7 Å². The van der Waals surface area contributed by atoms with Crippen molar-refractivity contribution in [3.05, 3.63) is 117 Å². The van der Waals surface area contributed by atoms with Crippen molar-refractivity contribution in [3.8, 4) is 11.1 Å². The van der Waals surface area contributed by atoms with Gasteiger partial charge in [-0.25, -0.2) is 13.8 Å². The standard InChI is InChI=1S/C29H23F2N3O2.C2H6/c1-14-9-26(32)34-15(2)24(14)13-33-29(35)23-11-21-22(12-25(23)31)27-19-8-5-17(10-20(19)28(21)36-27)16-3-6-18(30)7-4-16;1-2/h3-12,27-28H,13H2,1-2H3,(H2,32,34)(H,33,35);1-2H3. The van der Waals surface area contributed by atoms with Crippen LogP contribution in [0.2, 0.25) is 0 Å². The summed E-state index contributed by atoms with van der Waals surface area (Å²) in [5, 5.41) is 2.82. The Kier molecular flexibility index (Phi) is 6.71. The first-order chi connectivity index (χ1) is 18.3. The fourth-order valence-electron chi connectivity index (χ4n) is 5.28. The lowest BCUT2D eigenvalue weighted by atomic mass is 9.83. The Morgan fingerprint density at radius 3 is 2.24 bits per heavy atom. The van der Waals surface area contributed by atoms with E-state index in [9.17, 15) is 9.18 Å². The Labute approximate surface area is 220 Å². The second-order valence-electron chi connectivity index (χ2n) is 9.32. The minimum absolute atomic E-state index is 0.0279. The molecule has 38 heavy (non-hydrogen) atoms. The number of rotatable bonds is 4. The SMILES string of the molecule is CC.Cc1cc(N)nc(C)c1CNC(=O)c1cc2c(cc1F)C1OC2c2cc(-c3ccc(F)cc3)ccc21. The van der Waals surface area contributed by atoms with E-state index in [-0.39, 0.29) is 24.0 Å². The zero-order chi connectivity index (χ0) is 27.1. The third-order valence-corrected chi connectivity index (χ3v) is 7.08. The van der Waals surface area contributed by atoms with Crippen molar-refractivity contribution in [2.24, 2.45) is 0 Å². The molecular formula is C31H29F2N3O2.